The van der Waals surface area contributed by atoms with E-state index < -0.39 is 11.9 Å². The Morgan fingerprint density at radius 1 is 1.44 bits per heavy atom. The maximum atomic E-state index is 11.3. The van der Waals surface area contributed by atoms with Crippen LogP contribution in [-0.4, -0.2) is 18.2 Å². The van der Waals surface area contributed by atoms with Gasteiger partial charge in [0.25, 0.3) is 0 Å². The van der Waals surface area contributed by atoms with Gasteiger partial charge in [0, 0.05) is 5.56 Å². The van der Waals surface area contributed by atoms with E-state index in [4.69, 9.17) is 4.74 Å². The number of ether oxygens (including phenoxy) is 1. The number of benzene rings is 1. The van der Waals surface area contributed by atoms with Crippen LogP contribution in [0.15, 0.2) is 24.3 Å². The summed E-state index contributed by atoms with van der Waals surface area (Å²) >= 11 is 0. The normalized spacial score (nSPS) is 14.2. The molecular formula is C13H18O3. The zero-order chi connectivity index (χ0) is 12.1. The number of carbonyl (C=O) groups is 1. The zero-order valence-electron chi connectivity index (χ0n) is 9.93. The summed E-state index contributed by atoms with van der Waals surface area (Å²) in [5.74, 6) is -0.552. The van der Waals surface area contributed by atoms with Crippen LogP contribution in [0.1, 0.15) is 31.7 Å². The summed E-state index contributed by atoms with van der Waals surface area (Å²) in [5.41, 5.74) is 0.756. The van der Waals surface area contributed by atoms with E-state index in [1.54, 1.807) is 13.2 Å². The zero-order valence-corrected chi connectivity index (χ0v) is 9.93. The highest BCUT2D eigenvalue weighted by Gasteiger charge is 2.27. The van der Waals surface area contributed by atoms with Crippen LogP contribution in [0.4, 0.5) is 0 Å². The lowest BCUT2D eigenvalue weighted by molar-refractivity contribution is -0.140. The molecule has 0 aliphatic heterocycles. The minimum absolute atomic E-state index is 0.0915. The molecule has 1 aromatic carbocycles. The molecule has 3 nitrogen and oxygen atoms in total. The quantitative estimate of drug-likeness (QED) is 0.833. The van der Waals surface area contributed by atoms with Crippen molar-refractivity contribution < 1.29 is 14.6 Å². The minimum atomic E-state index is -0.793. The molecule has 0 heterocycles. The van der Waals surface area contributed by atoms with E-state index >= 15 is 0 Å². The van der Waals surface area contributed by atoms with Gasteiger partial charge in [-0.15, -0.1) is 0 Å². The lowest BCUT2D eigenvalue weighted by Gasteiger charge is -2.21. The molecule has 88 valence electrons. The first-order valence-corrected chi connectivity index (χ1v) is 5.47. The van der Waals surface area contributed by atoms with Gasteiger partial charge in [0.2, 0.25) is 0 Å². The molecule has 0 amide bonds. The summed E-state index contributed by atoms with van der Waals surface area (Å²) in [4.78, 5) is 11.3. The SMILES string of the molecule is CCC(C)C(C(=O)O)c1ccccc1OC. The van der Waals surface area contributed by atoms with Crippen molar-refractivity contribution in [2.45, 2.75) is 26.2 Å². The average molecular weight is 222 g/mol. The summed E-state index contributed by atoms with van der Waals surface area (Å²) in [5, 5.41) is 9.29. The van der Waals surface area contributed by atoms with E-state index in [9.17, 15) is 9.90 Å². The third kappa shape index (κ3) is 2.54. The molecule has 1 aromatic rings. The molecule has 0 spiro atoms. The van der Waals surface area contributed by atoms with Crippen LogP contribution in [0, 0.1) is 5.92 Å². The third-order valence-corrected chi connectivity index (χ3v) is 2.95. The maximum absolute atomic E-state index is 11.3. The summed E-state index contributed by atoms with van der Waals surface area (Å²) < 4.78 is 5.21. The lowest BCUT2D eigenvalue weighted by atomic mass is 9.85. The summed E-state index contributed by atoms with van der Waals surface area (Å²) in [6.45, 7) is 3.95. The number of aliphatic carboxylic acids is 1. The van der Waals surface area contributed by atoms with Crippen LogP contribution in [0.5, 0.6) is 5.75 Å². The second kappa shape index (κ2) is 5.54. The van der Waals surface area contributed by atoms with Gasteiger partial charge in [-0.05, 0) is 12.0 Å². The molecule has 16 heavy (non-hydrogen) atoms. The molecule has 0 fully saturated rings. The predicted molar refractivity (Wildman–Crippen MR) is 62.8 cm³/mol. The van der Waals surface area contributed by atoms with Crippen LogP contribution in [0.3, 0.4) is 0 Å². The highest BCUT2D eigenvalue weighted by atomic mass is 16.5. The first-order chi connectivity index (χ1) is 7.61. The topological polar surface area (TPSA) is 46.5 Å². The Morgan fingerprint density at radius 3 is 2.56 bits per heavy atom. The summed E-state index contributed by atoms with van der Waals surface area (Å²) in [6.07, 6.45) is 0.828. The van der Waals surface area contributed by atoms with E-state index in [1.807, 2.05) is 32.0 Å². The van der Waals surface area contributed by atoms with E-state index in [2.05, 4.69) is 0 Å². The Balaban J connectivity index is 3.15. The van der Waals surface area contributed by atoms with Crippen molar-refractivity contribution >= 4 is 5.97 Å². The van der Waals surface area contributed by atoms with Crippen LogP contribution in [-0.2, 0) is 4.79 Å². The first-order valence-electron chi connectivity index (χ1n) is 5.47. The van der Waals surface area contributed by atoms with Crippen LogP contribution >= 0.6 is 0 Å². The largest absolute Gasteiger partial charge is 0.496 e. The second-order valence-electron chi connectivity index (χ2n) is 3.94. The van der Waals surface area contributed by atoms with Crippen molar-refractivity contribution in [1.82, 2.24) is 0 Å². The highest BCUT2D eigenvalue weighted by molar-refractivity contribution is 5.77. The summed E-state index contributed by atoms with van der Waals surface area (Å²) in [7, 11) is 1.56. The molecule has 0 bridgehead atoms. The van der Waals surface area contributed by atoms with E-state index in [1.165, 1.54) is 0 Å². The molecule has 1 rings (SSSR count). The van der Waals surface area contributed by atoms with Gasteiger partial charge >= 0.3 is 5.97 Å². The van der Waals surface area contributed by atoms with Gasteiger partial charge in [-0.2, -0.15) is 0 Å². The highest BCUT2D eigenvalue weighted by Crippen LogP contribution is 2.33. The molecule has 0 aliphatic carbocycles. The molecule has 0 aromatic heterocycles. The number of para-hydroxylation sites is 1. The van der Waals surface area contributed by atoms with E-state index in [-0.39, 0.29) is 5.92 Å². The number of methoxy groups -OCH3 is 1. The summed E-state index contributed by atoms with van der Waals surface area (Å²) in [6, 6.07) is 7.31. The average Bonchev–Trinajstić information content (AvgIpc) is 2.29. The van der Waals surface area contributed by atoms with Gasteiger partial charge < -0.3 is 9.84 Å². The minimum Gasteiger partial charge on any atom is -0.496 e. The molecule has 0 radical (unpaired) electrons. The molecule has 2 atom stereocenters. The smallest absolute Gasteiger partial charge is 0.311 e. The number of carboxylic acid groups (broad SMARTS) is 1. The van der Waals surface area contributed by atoms with Crippen molar-refractivity contribution in [3.05, 3.63) is 29.8 Å². The third-order valence-electron chi connectivity index (χ3n) is 2.95. The molecule has 0 saturated heterocycles. The van der Waals surface area contributed by atoms with E-state index in [0.717, 1.165) is 12.0 Å². The van der Waals surface area contributed by atoms with Crippen molar-refractivity contribution in [1.29, 1.82) is 0 Å². The fourth-order valence-corrected chi connectivity index (χ4v) is 1.84. The van der Waals surface area contributed by atoms with Gasteiger partial charge in [-0.25, -0.2) is 0 Å². The lowest BCUT2D eigenvalue weighted by Crippen LogP contribution is -2.19. The van der Waals surface area contributed by atoms with Gasteiger partial charge in [0.05, 0.1) is 13.0 Å². The number of carboxylic acids is 1. The standard InChI is InChI=1S/C13H18O3/c1-4-9(2)12(13(14)15)10-7-5-6-8-11(10)16-3/h5-9,12H,4H2,1-3H3,(H,14,15). The molecule has 3 heteroatoms. The van der Waals surface area contributed by atoms with Gasteiger partial charge in [0.15, 0.2) is 0 Å². The van der Waals surface area contributed by atoms with Gasteiger partial charge in [-0.1, -0.05) is 38.5 Å². The maximum Gasteiger partial charge on any atom is 0.311 e. The van der Waals surface area contributed by atoms with Crippen LogP contribution < -0.4 is 4.74 Å². The van der Waals surface area contributed by atoms with Crippen LogP contribution in [0.2, 0.25) is 0 Å². The fourth-order valence-electron chi connectivity index (χ4n) is 1.84. The molecular weight excluding hydrogens is 204 g/mol. The Labute approximate surface area is 96.1 Å². The Kier molecular flexibility index (Phi) is 4.35. The van der Waals surface area contributed by atoms with Crippen LogP contribution in [0.25, 0.3) is 0 Å². The van der Waals surface area contributed by atoms with Crippen molar-refractivity contribution in [3.63, 3.8) is 0 Å². The van der Waals surface area contributed by atoms with Crippen molar-refractivity contribution in [2.75, 3.05) is 7.11 Å². The fraction of sp³-hybridized carbons (Fsp3) is 0.462. The van der Waals surface area contributed by atoms with Crippen molar-refractivity contribution in [3.8, 4) is 5.75 Å². The van der Waals surface area contributed by atoms with Gasteiger partial charge in [-0.3, -0.25) is 4.79 Å². The molecule has 0 saturated carbocycles. The molecule has 2 unspecified atom stereocenters. The predicted octanol–water partition coefficient (Wildman–Crippen LogP) is 2.91. The number of hydrogen-bond acceptors (Lipinski definition) is 2. The van der Waals surface area contributed by atoms with Gasteiger partial charge in [0.1, 0.15) is 5.75 Å². The second-order valence-corrected chi connectivity index (χ2v) is 3.94. The monoisotopic (exact) mass is 222 g/mol. The Hall–Kier alpha value is -1.51. The molecule has 1 N–H and O–H groups in total. The first kappa shape index (κ1) is 12.6. The Morgan fingerprint density at radius 2 is 2.06 bits per heavy atom. The van der Waals surface area contributed by atoms with Crippen molar-refractivity contribution in [2.24, 2.45) is 5.92 Å². The number of hydrogen-bond donors (Lipinski definition) is 1. The Bertz CT molecular complexity index is 360. The number of rotatable bonds is 5. The van der Waals surface area contributed by atoms with E-state index in [0.29, 0.717) is 5.75 Å². The molecule has 0 aliphatic rings.